The molecule has 2 bridgehead atoms. The van der Waals surface area contributed by atoms with Crippen molar-refractivity contribution in [3.8, 4) is 0 Å². The second-order valence-electron chi connectivity index (χ2n) is 20.0. The van der Waals surface area contributed by atoms with Crippen molar-refractivity contribution in [2.45, 2.75) is 181 Å². The first-order valence-corrected chi connectivity index (χ1v) is 24.2. The van der Waals surface area contributed by atoms with Gasteiger partial charge in [0.2, 0.25) is 5.79 Å². The van der Waals surface area contributed by atoms with Gasteiger partial charge in [-0.15, -0.1) is 0 Å². The first-order chi connectivity index (χ1) is 30.7. The van der Waals surface area contributed by atoms with Crippen LogP contribution in [0.4, 0.5) is 0 Å². The largest absolute Gasteiger partial charge is 0.460 e. The lowest BCUT2D eigenvalue weighted by atomic mass is 9.76. The van der Waals surface area contributed by atoms with E-state index in [0.717, 1.165) is 24.8 Å². The Labute approximate surface area is 388 Å². The Morgan fingerprint density at radius 1 is 0.846 bits per heavy atom. The third-order valence-electron chi connectivity index (χ3n) is 14.8. The summed E-state index contributed by atoms with van der Waals surface area (Å²) in [5.74, 6) is -7.07. The van der Waals surface area contributed by atoms with Crippen LogP contribution in [0.25, 0.3) is 0 Å². The summed E-state index contributed by atoms with van der Waals surface area (Å²) in [5.41, 5.74) is 1.30. The lowest BCUT2D eigenvalue weighted by Gasteiger charge is -2.42. The molecule has 366 valence electrons. The van der Waals surface area contributed by atoms with Crippen LogP contribution in [0.2, 0.25) is 0 Å². The molecular weight excluding hydrogens is 831 g/mol. The molecule has 13 heteroatoms. The molecule has 13 nitrogen and oxygen atoms in total. The van der Waals surface area contributed by atoms with E-state index >= 15 is 0 Å². The number of fused-ring (bicyclic) bond motifs is 3. The van der Waals surface area contributed by atoms with E-state index in [2.05, 4.69) is 6.92 Å². The molecular formula is C52H81NO12. The molecule has 0 aromatic heterocycles. The van der Waals surface area contributed by atoms with Crippen molar-refractivity contribution in [1.82, 2.24) is 4.90 Å². The van der Waals surface area contributed by atoms with Crippen LogP contribution in [-0.2, 0) is 47.7 Å². The number of Topliss-reactive ketones (excluding diaryl/α,β-unsaturated/α-hetero) is 3. The topological polar surface area (TPSA) is 175 Å². The highest BCUT2D eigenvalue weighted by atomic mass is 16.6. The second kappa shape index (κ2) is 25.2. The molecule has 3 heterocycles. The van der Waals surface area contributed by atoms with Gasteiger partial charge in [-0.25, -0.2) is 4.79 Å². The molecule has 2 N–H and O–H groups in total. The van der Waals surface area contributed by atoms with Crippen LogP contribution in [0.5, 0.6) is 0 Å². The van der Waals surface area contributed by atoms with Crippen molar-refractivity contribution in [1.29, 1.82) is 0 Å². The van der Waals surface area contributed by atoms with Crippen LogP contribution < -0.4 is 0 Å². The average Bonchev–Trinajstić information content (AvgIpc) is 3.28. The van der Waals surface area contributed by atoms with Gasteiger partial charge in [-0.2, -0.15) is 0 Å². The summed E-state index contributed by atoms with van der Waals surface area (Å²) in [5, 5.41) is 23.4. The maximum absolute atomic E-state index is 14.4. The predicted molar refractivity (Wildman–Crippen MR) is 248 cm³/mol. The third kappa shape index (κ3) is 14.3. The zero-order valence-electron chi connectivity index (χ0n) is 41.2. The van der Waals surface area contributed by atoms with Crippen LogP contribution in [0.3, 0.4) is 0 Å². The Morgan fingerprint density at radius 2 is 1.57 bits per heavy atom. The van der Waals surface area contributed by atoms with Crippen molar-refractivity contribution < 1.29 is 57.9 Å². The number of allylic oxidation sites excluding steroid dienone is 6. The summed E-state index contributed by atoms with van der Waals surface area (Å²) in [4.78, 5) is 71.9. The molecule has 65 heavy (non-hydrogen) atoms. The molecule has 3 fully saturated rings. The van der Waals surface area contributed by atoms with Crippen LogP contribution >= 0.6 is 0 Å². The van der Waals surface area contributed by atoms with Crippen LogP contribution in [0.1, 0.15) is 132 Å². The van der Waals surface area contributed by atoms with Gasteiger partial charge in [0, 0.05) is 58.5 Å². The Balaban J connectivity index is 1.70. The number of hydrogen-bond acceptors (Lipinski definition) is 12. The molecule has 15 atom stereocenters. The fourth-order valence-corrected chi connectivity index (χ4v) is 10.4. The van der Waals surface area contributed by atoms with Gasteiger partial charge in [0.1, 0.15) is 30.1 Å². The number of aliphatic hydroxyl groups is 2. The minimum absolute atomic E-state index is 0.0304. The normalized spacial score (nSPS) is 39.1. The Kier molecular flexibility index (Phi) is 21.0. The van der Waals surface area contributed by atoms with E-state index < -0.39 is 77.8 Å². The Morgan fingerprint density at radius 3 is 2.25 bits per heavy atom. The fourth-order valence-electron chi connectivity index (χ4n) is 10.4. The number of rotatable bonds is 6. The summed E-state index contributed by atoms with van der Waals surface area (Å²) in [6.07, 6.45) is 13.6. The SMILES string of the molecule is CO[C@H]1C[C@@H]2CC[C@@H](C)[C@@](O)(O2)C(=O)C(=O)N2CCCCC2C(=O)O[C@H]([C@H](C)C[C@@H]2CCC(C)[C@H](OC)C2)CC(=O)[C@H](C)/C=C(\C)[C@@H](O)[C@@H](OC)C(=O)[C@H](C)C[C@H](C)/C=C/C=CC=C1C. The number of aliphatic hydroxyl groups excluding tert-OH is 1. The summed E-state index contributed by atoms with van der Waals surface area (Å²) in [7, 11) is 4.70. The number of esters is 1. The van der Waals surface area contributed by atoms with Crippen LogP contribution in [0, 0.1) is 41.4 Å². The minimum Gasteiger partial charge on any atom is -0.460 e. The minimum atomic E-state index is -2.41. The van der Waals surface area contributed by atoms with Gasteiger partial charge in [-0.05, 0) is 113 Å². The maximum Gasteiger partial charge on any atom is 0.329 e. The van der Waals surface area contributed by atoms with Gasteiger partial charge in [-0.1, -0.05) is 78.0 Å². The number of piperidine rings is 1. The lowest BCUT2D eigenvalue weighted by molar-refractivity contribution is -0.265. The molecule has 2 saturated heterocycles. The standard InChI is InChI=1S/C52H81NO12/c1-31-17-13-12-14-18-32(2)44(62-10)29-40-23-21-38(8)52(60,65-40)49(57)50(58)53-24-16-15-19-41(53)51(59)64-45(35(5)27-39-22-20-33(3)43(28-39)61-9)30-42(54)34(4)26-37(7)47(56)48(63-11)46(55)36(6)25-31/h12-14,17-18,26,31,33-36,38-41,43-45,47-48,56,60H,15-16,19-25,27-30H2,1-11H3/b14-12?,17-13+,32-18?,37-26+/t31-,33?,34-,35-,36-,38-,39+,40+,41?,43-,44+,45+,47-,48+,52-/m1/s1. The monoisotopic (exact) mass is 912 g/mol. The fraction of sp³-hybridized carbons (Fsp3) is 0.750. The van der Waals surface area contributed by atoms with Gasteiger partial charge >= 0.3 is 5.97 Å². The average molecular weight is 912 g/mol. The number of ketones is 3. The van der Waals surface area contributed by atoms with Crippen molar-refractivity contribution in [3.05, 3.63) is 47.6 Å². The maximum atomic E-state index is 14.4. The summed E-state index contributed by atoms with van der Waals surface area (Å²) < 4.78 is 29.7. The highest BCUT2D eigenvalue weighted by Gasteiger charge is 2.53. The van der Waals surface area contributed by atoms with E-state index in [0.29, 0.717) is 56.4 Å². The quantitative estimate of drug-likeness (QED) is 0.153. The van der Waals surface area contributed by atoms with Crippen molar-refractivity contribution in [2.24, 2.45) is 41.4 Å². The molecule has 0 radical (unpaired) electrons. The number of methoxy groups -OCH3 is 3. The number of nitrogens with zero attached hydrogens (tertiary/aromatic N) is 1. The van der Waals surface area contributed by atoms with E-state index in [1.807, 2.05) is 58.1 Å². The number of carbonyl (C=O) groups excluding carboxylic acids is 5. The van der Waals surface area contributed by atoms with Gasteiger partial charge in [-0.3, -0.25) is 19.2 Å². The van der Waals surface area contributed by atoms with E-state index in [1.54, 1.807) is 41.1 Å². The number of amides is 1. The zero-order valence-corrected chi connectivity index (χ0v) is 41.2. The number of carbonyl (C=O) groups is 5. The van der Waals surface area contributed by atoms with Crippen LogP contribution in [-0.4, -0.2) is 121 Å². The van der Waals surface area contributed by atoms with Gasteiger partial charge < -0.3 is 38.8 Å². The zero-order chi connectivity index (χ0) is 48.2. The second-order valence-corrected chi connectivity index (χ2v) is 20.0. The molecule has 0 aromatic carbocycles. The molecule has 1 amide bonds. The molecule has 4 aliphatic rings. The predicted octanol–water partition coefficient (Wildman–Crippen LogP) is 7.46. The molecule has 2 unspecified atom stereocenters. The van der Waals surface area contributed by atoms with E-state index in [1.165, 1.54) is 12.0 Å². The number of hydrogen-bond donors (Lipinski definition) is 2. The number of cyclic esters (lactones) is 1. The molecule has 1 aliphatic carbocycles. The molecule has 0 spiro atoms. The molecule has 1 saturated carbocycles. The van der Waals surface area contributed by atoms with E-state index in [9.17, 15) is 34.2 Å². The van der Waals surface area contributed by atoms with Gasteiger partial charge in [0.15, 0.2) is 5.78 Å². The third-order valence-corrected chi connectivity index (χ3v) is 14.8. The molecule has 3 aliphatic heterocycles. The van der Waals surface area contributed by atoms with Crippen molar-refractivity contribution >= 4 is 29.2 Å². The highest BCUT2D eigenvalue weighted by molar-refractivity contribution is 6.39. The Hall–Kier alpha value is -3.33. The summed E-state index contributed by atoms with van der Waals surface area (Å²) >= 11 is 0. The van der Waals surface area contributed by atoms with Gasteiger partial charge in [0.05, 0.1) is 18.3 Å². The highest BCUT2D eigenvalue weighted by Crippen LogP contribution is 2.38. The summed E-state index contributed by atoms with van der Waals surface area (Å²) in [6, 6.07) is -1.11. The van der Waals surface area contributed by atoms with Gasteiger partial charge in [0.25, 0.3) is 11.7 Å². The Bertz CT molecular complexity index is 1750. The number of ether oxygens (including phenoxy) is 5. The first kappa shape index (κ1) is 54.3. The molecule has 0 aromatic rings. The first-order valence-electron chi connectivity index (χ1n) is 24.2. The van der Waals surface area contributed by atoms with Crippen molar-refractivity contribution in [2.75, 3.05) is 27.9 Å². The van der Waals surface area contributed by atoms with E-state index in [-0.39, 0.29) is 54.8 Å². The van der Waals surface area contributed by atoms with E-state index in [4.69, 9.17) is 23.7 Å². The van der Waals surface area contributed by atoms with Crippen LogP contribution in [0.15, 0.2) is 47.6 Å². The summed E-state index contributed by atoms with van der Waals surface area (Å²) in [6.45, 7) is 15.1. The van der Waals surface area contributed by atoms with Crippen molar-refractivity contribution in [3.63, 3.8) is 0 Å². The smallest absolute Gasteiger partial charge is 0.329 e. The lowest BCUT2D eigenvalue weighted by Crippen LogP contribution is -2.61. The molecule has 4 rings (SSSR count).